The molecule has 2 aromatic heterocycles. The number of nitrogens with zero attached hydrogens (tertiary/aromatic N) is 5. The van der Waals surface area contributed by atoms with Crippen LogP contribution in [0.1, 0.15) is 31.4 Å². The number of hydrogen-bond acceptors (Lipinski definition) is 8. The van der Waals surface area contributed by atoms with Gasteiger partial charge in [-0.05, 0) is 44.5 Å². The molecule has 8 nitrogen and oxygen atoms in total. The van der Waals surface area contributed by atoms with E-state index < -0.39 is 0 Å². The Bertz CT molecular complexity index is 1170. The summed E-state index contributed by atoms with van der Waals surface area (Å²) in [6, 6.07) is 3.82. The zero-order chi connectivity index (χ0) is 24.2. The predicted octanol–water partition coefficient (Wildman–Crippen LogP) is 2.77. The Hall–Kier alpha value is -2.27. The molecule has 0 radical (unpaired) electrons. The standard InChI is InChI=1S/C24H31N5O3S2/c1-4-26-10-12-27(13-11-26)21-18(22(30)29-16-17(3)7-8-20(29)25-21)15-19-23(31)28(24(33)34-19)9-6-14-32-5-2/h7-8,15-16H,4-6,9-14H2,1-3H3. The number of carbonyl (C=O) groups excluding carboxylic acids is 1. The SMILES string of the molecule is CCOCCCN1C(=O)C(=Cc2c(N3CCN(CC)CC3)nc3ccc(C)cn3c2=O)SC1=S. The average Bonchev–Trinajstić information content (AvgIpc) is 3.11. The van der Waals surface area contributed by atoms with Crippen molar-refractivity contribution in [2.24, 2.45) is 0 Å². The van der Waals surface area contributed by atoms with Gasteiger partial charge in [0.25, 0.3) is 11.5 Å². The molecule has 4 rings (SSSR count). The Labute approximate surface area is 209 Å². The van der Waals surface area contributed by atoms with Gasteiger partial charge in [-0.15, -0.1) is 0 Å². The number of piperazine rings is 1. The molecule has 0 saturated carbocycles. The van der Waals surface area contributed by atoms with Crippen molar-refractivity contribution < 1.29 is 9.53 Å². The molecule has 2 fully saturated rings. The summed E-state index contributed by atoms with van der Waals surface area (Å²) in [7, 11) is 0. The molecule has 0 spiro atoms. The normalized spacial score (nSPS) is 18.6. The van der Waals surface area contributed by atoms with Gasteiger partial charge in [0.15, 0.2) is 0 Å². The zero-order valence-corrected chi connectivity index (χ0v) is 21.6. The number of fused-ring (bicyclic) bond motifs is 1. The number of carbonyl (C=O) groups is 1. The van der Waals surface area contributed by atoms with Crippen LogP contribution in [0.15, 0.2) is 28.0 Å². The first-order chi connectivity index (χ1) is 16.4. The molecule has 34 heavy (non-hydrogen) atoms. The largest absolute Gasteiger partial charge is 0.382 e. The minimum Gasteiger partial charge on any atom is -0.382 e. The van der Waals surface area contributed by atoms with E-state index in [1.807, 2.05) is 26.0 Å². The van der Waals surface area contributed by atoms with Crippen molar-refractivity contribution in [2.75, 3.05) is 57.4 Å². The molecule has 182 valence electrons. The van der Waals surface area contributed by atoms with E-state index >= 15 is 0 Å². The van der Waals surface area contributed by atoms with Gasteiger partial charge < -0.3 is 14.5 Å². The molecule has 10 heteroatoms. The Morgan fingerprint density at radius 1 is 1.18 bits per heavy atom. The maximum Gasteiger partial charge on any atom is 0.267 e. The second-order valence-electron chi connectivity index (χ2n) is 8.39. The van der Waals surface area contributed by atoms with E-state index in [9.17, 15) is 9.59 Å². The number of amides is 1. The first-order valence-electron chi connectivity index (χ1n) is 11.8. The van der Waals surface area contributed by atoms with Crippen LogP contribution in [-0.4, -0.2) is 81.9 Å². The average molecular weight is 502 g/mol. The molecule has 0 atom stereocenters. The molecule has 2 saturated heterocycles. The van der Waals surface area contributed by atoms with Crippen molar-refractivity contribution in [1.29, 1.82) is 0 Å². The molecule has 2 aliphatic rings. The monoisotopic (exact) mass is 501 g/mol. The summed E-state index contributed by atoms with van der Waals surface area (Å²) >= 11 is 6.71. The van der Waals surface area contributed by atoms with Crippen molar-refractivity contribution >= 4 is 51.7 Å². The van der Waals surface area contributed by atoms with E-state index in [0.29, 0.717) is 52.4 Å². The Morgan fingerprint density at radius 2 is 1.94 bits per heavy atom. The highest BCUT2D eigenvalue weighted by molar-refractivity contribution is 8.26. The topological polar surface area (TPSA) is 70.4 Å². The van der Waals surface area contributed by atoms with E-state index in [1.165, 1.54) is 11.8 Å². The smallest absolute Gasteiger partial charge is 0.267 e. The number of pyridine rings is 1. The number of likely N-dealkylation sites (N-methyl/N-ethyl adjacent to an activating group) is 1. The number of thiocarbonyl (C=S) groups is 1. The fourth-order valence-electron chi connectivity index (χ4n) is 4.18. The first kappa shape index (κ1) is 24.8. The number of ether oxygens (including phenoxy) is 1. The van der Waals surface area contributed by atoms with Gasteiger partial charge in [-0.1, -0.05) is 37.0 Å². The molecular formula is C24H31N5O3S2. The van der Waals surface area contributed by atoms with Crippen molar-refractivity contribution in [3.05, 3.63) is 44.7 Å². The first-order valence-corrected chi connectivity index (χ1v) is 13.0. The van der Waals surface area contributed by atoms with E-state index in [2.05, 4.69) is 16.7 Å². The van der Waals surface area contributed by atoms with Gasteiger partial charge in [0.2, 0.25) is 0 Å². The summed E-state index contributed by atoms with van der Waals surface area (Å²) in [4.78, 5) is 38.2. The number of hydrogen-bond donors (Lipinski definition) is 0. The van der Waals surface area contributed by atoms with Gasteiger partial charge in [0.05, 0.1) is 10.5 Å². The zero-order valence-electron chi connectivity index (χ0n) is 20.0. The molecule has 4 heterocycles. The summed E-state index contributed by atoms with van der Waals surface area (Å²) in [5, 5.41) is 0. The van der Waals surface area contributed by atoms with Crippen LogP contribution in [-0.2, 0) is 9.53 Å². The summed E-state index contributed by atoms with van der Waals surface area (Å²) in [6.45, 7) is 12.1. The van der Waals surface area contributed by atoms with Gasteiger partial charge in [-0.3, -0.25) is 18.9 Å². The van der Waals surface area contributed by atoms with Gasteiger partial charge in [-0.25, -0.2) is 4.98 Å². The molecular weight excluding hydrogens is 470 g/mol. The molecule has 2 aliphatic heterocycles. The second-order valence-corrected chi connectivity index (χ2v) is 10.1. The lowest BCUT2D eigenvalue weighted by Crippen LogP contribution is -2.47. The highest BCUT2D eigenvalue weighted by atomic mass is 32.2. The molecule has 2 aromatic rings. The second kappa shape index (κ2) is 11.0. The van der Waals surface area contributed by atoms with Gasteiger partial charge in [0.1, 0.15) is 15.8 Å². The predicted molar refractivity (Wildman–Crippen MR) is 142 cm³/mol. The van der Waals surface area contributed by atoms with Crippen molar-refractivity contribution in [2.45, 2.75) is 27.2 Å². The highest BCUT2D eigenvalue weighted by Crippen LogP contribution is 2.33. The van der Waals surface area contributed by atoms with Crippen LogP contribution >= 0.6 is 24.0 Å². The summed E-state index contributed by atoms with van der Waals surface area (Å²) < 4.78 is 7.46. The molecule has 0 aromatic carbocycles. The van der Waals surface area contributed by atoms with Crippen LogP contribution in [0.25, 0.3) is 11.7 Å². The van der Waals surface area contributed by atoms with Crippen LogP contribution in [0.4, 0.5) is 5.82 Å². The van der Waals surface area contributed by atoms with E-state index in [0.717, 1.165) is 38.3 Å². The van der Waals surface area contributed by atoms with Crippen LogP contribution in [0, 0.1) is 6.92 Å². The third kappa shape index (κ3) is 5.19. The Morgan fingerprint density at radius 3 is 2.65 bits per heavy atom. The van der Waals surface area contributed by atoms with Crippen LogP contribution in [0.3, 0.4) is 0 Å². The third-order valence-electron chi connectivity index (χ3n) is 6.13. The van der Waals surface area contributed by atoms with Crippen LogP contribution in [0.5, 0.6) is 0 Å². The molecule has 0 aliphatic carbocycles. The van der Waals surface area contributed by atoms with Crippen LogP contribution < -0.4 is 10.5 Å². The summed E-state index contributed by atoms with van der Waals surface area (Å²) in [5.41, 5.74) is 1.82. The van der Waals surface area contributed by atoms with Crippen molar-refractivity contribution in [1.82, 2.24) is 19.2 Å². The maximum absolute atomic E-state index is 13.6. The fourth-order valence-corrected chi connectivity index (χ4v) is 5.47. The highest BCUT2D eigenvalue weighted by Gasteiger charge is 2.33. The van der Waals surface area contributed by atoms with E-state index in [1.54, 1.807) is 21.6 Å². The van der Waals surface area contributed by atoms with Gasteiger partial charge in [-0.2, -0.15) is 0 Å². The van der Waals surface area contributed by atoms with Crippen molar-refractivity contribution in [3.63, 3.8) is 0 Å². The van der Waals surface area contributed by atoms with Crippen LogP contribution in [0.2, 0.25) is 0 Å². The van der Waals surface area contributed by atoms with Crippen molar-refractivity contribution in [3.8, 4) is 0 Å². The lowest BCUT2D eigenvalue weighted by Gasteiger charge is -2.35. The number of anilines is 1. The molecule has 0 unspecified atom stereocenters. The molecule has 1 amide bonds. The quantitative estimate of drug-likeness (QED) is 0.311. The summed E-state index contributed by atoms with van der Waals surface area (Å²) in [5.74, 6) is 0.466. The number of aromatic nitrogens is 2. The van der Waals surface area contributed by atoms with Gasteiger partial charge in [0, 0.05) is 52.1 Å². The fraction of sp³-hybridized carbons (Fsp3) is 0.500. The minimum atomic E-state index is -0.178. The molecule has 0 bridgehead atoms. The molecule has 0 N–H and O–H groups in total. The number of aryl methyl sites for hydroxylation is 1. The minimum absolute atomic E-state index is 0.165. The lowest BCUT2D eigenvalue weighted by molar-refractivity contribution is -0.122. The van der Waals surface area contributed by atoms with E-state index in [-0.39, 0.29) is 11.5 Å². The van der Waals surface area contributed by atoms with Gasteiger partial charge >= 0.3 is 0 Å². The maximum atomic E-state index is 13.6. The Balaban J connectivity index is 1.71. The Kier molecular flexibility index (Phi) is 8.02. The van der Waals surface area contributed by atoms with E-state index in [4.69, 9.17) is 21.9 Å². The summed E-state index contributed by atoms with van der Waals surface area (Å²) in [6.07, 6.45) is 4.19. The number of thioether (sulfide) groups is 1. The third-order valence-corrected chi connectivity index (χ3v) is 7.51. The number of rotatable bonds is 8. The lowest BCUT2D eigenvalue weighted by atomic mass is 10.2.